The summed E-state index contributed by atoms with van der Waals surface area (Å²) >= 11 is 5.99. The van der Waals surface area contributed by atoms with Gasteiger partial charge in [-0.05, 0) is 13.3 Å². The third-order valence-corrected chi connectivity index (χ3v) is 2.80. The van der Waals surface area contributed by atoms with E-state index in [0.29, 0.717) is 6.54 Å². The maximum absolute atomic E-state index is 5.99. The molecule has 0 spiro atoms. The van der Waals surface area contributed by atoms with E-state index in [1.807, 2.05) is 22.5 Å². The van der Waals surface area contributed by atoms with E-state index in [9.17, 15) is 0 Å². The van der Waals surface area contributed by atoms with Gasteiger partial charge in [0.05, 0.1) is 11.6 Å². The van der Waals surface area contributed by atoms with E-state index in [-0.39, 0.29) is 5.38 Å². The van der Waals surface area contributed by atoms with E-state index in [4.69, 9.17) is 11.6 Å². The molecular formula is C11H16ClN5. The Labute approximate surface area is 105 Å². The summed E-state index contributed by atoms with van der Waals surface area (Å²) in [4.78, 5) is 4.24. The summed E-state index contributed by atoms with van der Waals surface area (Å²) in [5.74, 6) is 0.920. The van der Waals surface area contributed by atoms with E-state index in [0.717, 1.165) is 24.4 Å². The lowest BCUT2D eigenvalue weighted by atomic mass is 10.3. The monoisotopic (exact) mass is 253 g/mol. The zero-order valence-corrected chi connectivity index (χ0v) is 10.8. The van der Waals surface area contributed by atoms with Crippen molar-refractivity contribution in [1.29, 1.82) is 0 Å². The molecule has 0 aliphatic carbocycles. The minimum Gasteiger partial charge on any atom is -0.265 e. The predicted octanol–water partition coefficient (Wildman–Crippen LogP) is 2.23. The van der Waals surface area contributed by atoms with Crippen LogP contribution in [0.15, 0.2) is 18.7 Å². The zero-order valence-electron chi connectivity index (χ0n) is 10.0. The Bertz CT molecular complexity index is 474. The van der Waals surface area contributed by atoms with Gasteiger partial charge in [-0.2, -0.15) is 10.2 Å². The number of hydrogen-bond donors (Lipinski definition) is 0. The maximum Gasteiger partial charge on any atom is 0.148 e. The van der Waals surface area contributed by atoms with Gasteiger partial charge in [0.1, 0.15) is 18.7 Å². The molecule has 2 aromatic rings. The van der Waals surface area contributed by atoms with Gasteiger partial charge in [-0.3, -0.25) is 4.68 Å². The van der Waals surface area contributed by atoms with Crippen LogP contribution >= 0.6 is 11.6 Å². The lowest BCUT2D eigenvalue weighted by Crippen LogP contribution is -2.10. The highest BCUT2D eigenvalue weighted by molar-refractivity contribution is 6.20. The molecule has 0 saturated carbocycles. The average Bonchev–Trinajstić information content (AvgIpc) is 2.90. The molecule has 5 nitrogen and oxygen atoms in total. The molecule has 17 heavy (non-hydrogen) atoms. The summed E-state index contributed by atoms with van der Waals surface area (Å²) in [6.45, 7) is 5.56. The number of aryl methyl sites for hydroxylation is 1. The third-order valence-electron chi connectivity index (χ3n) is 2.55. The molecular weight excluding hydrogens is 238 g/mol. The van der Waals surface area contributed by atoms with E-state index in [2.05, 4.69) is 22.1 Å². The second kappa shape index (κ2) is 5.31. The summed E-state index contributed by atoms with van der Waals surface area (Å²) < 4.78 is 3.75. The topological polar surface area (TPSA) is 48.5 Å². The Kier molecular flexibility index (Phi) is 3.78. The van der Waals surface area contributed by atoms with Gasteiger partial charge in [0.25, 0.3) is 0 Å². The zero-order chi connectivity index (χ0) is 12.3. The molecule has 0 radical (unpaired) electrons. The highest BCUT2D eigenvalue weighted by atomic mass is 35.5. The van der Waals surface area contributed by atoms with Crippen LogP contribution in [0.25, 0.3) is 0 Å². The van der Waals surface area contributed by atoms with Crippen LogP contribution in [-0.4, -0.2) is 24.5 Å². The Morgan fingerprint density at radius 3 is 2.88 bits per heavy atom. The number of nitrogens with zero attached hydrogens (tertiary/aromatic N) is 5. The summed E-state index contributed by atoms with van der Waals surface area (Å²) in [7, 11) is 0. The minimum absolute atomic E-state index is 0.0164. The SMILES string of the molecule is CCCn1ncnc1Cn1cc(C(C)Cl)cn1. The summed E-state index contributed by atoms with van der Waals surface area (Å²) in [5.41, 5.74) is 1.02. The van der Waals surface area contributed by atoms with E-state index < -0.39 is 0 Å². The van der Waals surface area contributed by atoms with Gasteiger partial charge in [-0.15, -0.1) is 11.6 Å². The minimum atomic E-state index is -0.0164. The van der Waals surface area contributed by atoms with Crippen LogP contribution in [0.1, 0.15) is 37.0 Å². The lowest BCUT2D eigenvalue weighted by molar-refractivity contribution is 0.539. The number of alkyl halides is 1. The predicted molar refractivity (Wildman–Crippen MR) is 65.9 cm³/mol. The van der Waals surface area contributed by atoms with Crippen LogP contribution in [0.4, 0.5) is 0 Å². The Morgan fingerprint density at radius 2 is 2.24 bits per heavy atom. The van der Waals surface area contributed by atoms with E-state index >= 15 is 0 Å². The highest BCUT2D eigenvalue weighted by Gasteiger charge is 2.08. The largest absolute Gasteiger partial charge is 0.265 e. The van der Waals surface area contributed by atoms with Gasteiger partial charge in [-0.1, -0.05) is 6.92 Å². The van der Waals surface area contributed by atoms with Gasteiger partial charge in [-0.25, -0.2) is 9.67 Å². The number of halogens is 1. The summed E-state index contributed by atoms with van der Waals surface area (Å²) in [6.07, 6.45) is 6.36. The van der Waals surface area contributed by atoms with E-state index in [1.165, 1.54) is 0 Å². The molecule has 6 heteroatoms. The fraction of sp³-hybridized carbons (Fsp3) is 0.545. The Morgan fingerprint density at radius 1 is 1.41 bits per heavy atom. The molecule has 1 unspecified atom stereocenters. The number of hydrogen-bond acceptors (Lipinski definition) is 3. The molecule has 0 aliphatic rings. The molecule has 2 heterocycles. The van der Waals surface area contributed by atoms with Crippen molar-refractivity contribution < 1.29 is 0 Å². The van der Waals surface area contributed by atoms with Gasteiger partial charge in [0.2, 0.25) is 0 Å². The maximum atomic E-state index is 5.99. The van der Waals surface area contributed by atoms with Crippen LogP contribution in [-0.2, 0) is 13.1 Å². The van der Waals surface area contributed by atoms with Crippen molar-refractivity contribution in [2.75, 3.05) is 0 Å². The first-order valence-electron chi connectivity index (χ1n) is 5.73. The smallest absolute Gasteiger partial charge is 0.148 e. The third kappa shape index (κ3) is 2.85. The molecule has 0 amide bonds. The average molecular weight is 254 g/mol. The Hall–Kier alpha value is -1.36. The molecule has 2 aromatic heterocycles. The van der Waals surface area contributed by atoms with Gasteiger partial charge in [0, 0.05) is 18.3 Å². The number of rotatable bonds is 5. The van der Waals surface area contributed by atoms with Crippen molar-refractivity contribution in [3.8, 4) is 0 Å². The fourth-order valence-electron chi connectivity index (χ4n) is 1.63. The molecule has 0 fully saturated rings. The van der Waals surface area contributed by atoms with Crippen LogP contribution in [0.5, 0.6) is 0 Å². The highest BCUT2D eigenvalue weighted by Crippen LogP contribution is 2.18. The van der Waals surface area contributed by atoms with Crippen LogP contribution in [0, 0.1) is 0 Å². The van der Waals surface area contributed by atoms with Crippen molar-refractivity contribution in [3.05, 3.63) is 30.1 Å². The molecule has 92 valence electrons. The summed E-state index contributed by atoms with van der Waals surface area (Å²) in [5, 5.41) is 8.43. The molecule has 0 saturated heterocycles. The van der Waals surface area contributed by atoms with Gasteiger partial charge >= 0.3 is 0 Å². The van der Waals surface area contributed by atoms with Crippen molar-refractivity contribution in [1.82, 2.24) is 24.5 Å². The molecule has 0 aromatic carbocycles. The van der Waals surface area contributed by atoms with Crippen LogP contribution in [0.3, 0.4) is 0 Å². The van der Waals surface area contributed by atoms with Gasteiger partial charge < -0.3 is 0 Å². The summed E-state index contributed by atoms with van der Waals surface area (Å²) in [6, 6.07) is 0. The van der Waals surface area contributed by atoms with Gasteiger partial charge in [0.15, 0.2) is 0 Å². The standard InChI is InChI=1S/C11H16ClN5/c1-3-4-17-11(13-8-15-17)7-16-6-10(5-14-16)9(2)12/h5-6,8-9H,3-4,7H2,1-2H3. The second-order valence-corrected chi connectivity index (χ2v) is 4.64. The quantitative estimate of drug-likeness (QED) is 0.768. The van der Waals surface area contributed by atoms with Crippen LogP contribution < -0.4 is 0 Å². The molecule has 0 N–H and O–H groups in total. The molecule has 2 rings (SSSR count). The first kappa shape index (κ1) is 12.1. The first-order chi connectivity index (χ1) is 8.20. The van der Waals surface area contributed by atoms with Crippen molar-refractivity contribution in [3.63, 3.8) is 0 Å². The number of aromatic nitrogens is 5. The molecule has 0 bridgehead atoms. The van der Waals surface area contributed by atoms with Crippen molar-refractivity contribution >= 4 is 11.6 Å². The Balaban J connectivity index is 2.11. The van der Waals surface area contributed by atoms with Crippen LogP contribution in [0.2, 0.25) is 0 Å². The van der Waals surface area contributed by atoms with Crippen molar-refractivity contribution in [2.24, 2.45) is 0 Å². The first-order valence-corrected chi connectivity index (χ1v) is 6.17. The normalized spacial score (nSPS) is 12.9. The fourth-order valence-corrected chi connectivity index (χ4v) is 1.74. The second-order valence-electron chi connectivity index (χ2n) is 3.99. The molecule has 0 aliphatic heterocycles. The van der Waals surface area contributed by atoms with E-state index in [1.54, 1.807) is 12.5 Å². The lowest BCUT2D eigenvalue weighted by Gasteiger charge is -2.04. The van der Waals surface area contributed by atoms with Crippen molar-refractivity contribution in [2.45, 2.75) is 38.7 Å². The molecule has 1 atom stereocenters.